The minimum Gasteiger partial charge on any atom is -0.545 e. The van der Waals surface area contributed by atoms with E-state index in [1.807, 2.05) is 21.1 Å². The van der Waals surface area contributed by atoms with Gasteiger partial charge in [-0.15, -0.1) is 0 Å². The largest absolute Gasteiger partial charge is 0.545 e. The number of carboxylic acid groups (broad SMARTS) is 1. The van der Waals surface area contributed by atoms with Crippen LogP contribution in [-0.4, -0.2) is 82.3 Å². The smallest absolute Gasteiger partial charge is 0.306 e. The fraction of sp³-hybridized carbons (Fsp3) is 0.866. The Morgan fingerprint density at radius 3 is 0.890 bits per heavy atom. The van der Waals surface area contributed by atoms with Crippen molar-refractivity contribution in [3.8, 4) is 0 Å². The van der Waals surface area contributed by atoms with Crippen molar-refractivity contribution in [1.29, 1.82) is 0 Å². The summed E-state index contributed by atoms with van der Waals surface area (Å²) in [5.74, 6) is -2.25. The highest BCUT2D eigenvalue weighted by atomic mass is 16.7. The average Bonchev–Trinajstić information content (AvgIpc) is 3.46. The van der Waals surface area contributed by atoms with Crippen LogP contribution in [0.1, 0.15) is 399 Å². The minimum atomic E-state index is -1.62. The van der Waals surface area contributed by atoms with Gasteiger partial charge in [0.25, 0.3) is 0 Å². The molecule has 2 unspecified atom stereocenters. The Labute approximate surface area is 565 Å². The zero-order valence-corrected chi connectivity index (χ0v) is 61.2. The lowest BCUT2D eigenvalue weighted by Gasteiger charge is -2.26. The van der Waals surface area contributed by atoms with Gasteiger partial charge in [0.1, 0.15) is 13.2 Å². The van der Waals surface area contributed by atoms with Crippen LogP contribution in [0.3, 0.4) is 0 Å². The molecule has 0 aliphatic carbocycles. The molecule has 0 radical (unpaired) electrons. The summed E-state index contributed by atoms with van der Waals surface area (Å²) in [4.78, 5) is 37.6. The van der Waals surface area contributed by atoms with E-state index in [0.29, 0.717) is 23.9 Å². The molecule has 0 aromatic carbocycles. The molecule has 0 aromatic rings. The molecule has 0 rings (SSSR count). The first-order valence-corrected chi connectivity index (χ1v) is 39.8. The molecule has 0 bridgehead atoms. The van der Waals surface area contributed by atoms with Gasteiger partial charge in [0.15, 0.2) is 12.4 Å². The number of ether oxygens (including phenoxy) is 4. The first-order valence-electron chi connectivity index (χ1n) is 39.8. The van der Waals surface area contributed by atoms with E-state index in [1.165, 1.54) is 321 Å². The normalized spacial score (nSPS) is 12.8. The van der Waals surface area contributed by atoms with E-state index in [0.717, 1.165) is 44.9 Å². The lowest BCUT2D eigenvalue weighted by atomic mass is 10.0. The number of rotatable bonds is 75. The number of carboxylic acids is 1. The molecule has 0 saturated heterocycles. The summed E-state index contributed by atoms with van der Waals surface area (Å²) < 4.78 is 22.9. The van der Waals surface area contributed by atoms with Gasteiger partial charge in [-0.3, -0.25) is 9.59 Å². The highest BCUT2D eigenvalue weighted by Gasteiger charge is 2.22. The number of hydrogen-bond donors (Lipinski definition) is 0. The van der Waals surface area contributed by atoms with Gasteiger partial charge in [0.2, 0.25) is 0 Å². The molecule has 0 spiro atoms. The SMILES string of the molecule is CCCCCCC/C=C\C/C=C\C/C=C\CCCCCCCCCCCCCCCCCCCCC(=O)OC(COC(=O)CCCCCCCCCCCCCCCCCCCCCCC/C=C\CCCCCCCCCC)COC(OCC[N+](C)(C)C)C(=O)[O-]. The number of hydrogen-bond acceptors (Lipinski definition) is 8. The molecule has 0 N–H and O–H groups in total. The number of aliphatic carboxylic acids is 1. The second kappa shape index (κ2) is 73.1. The number of quaternary nitrogens is 1. The number of esters is 2. The van der Waals surface area contributed by atoms with Crippen LogP contribution >= 0.6 is 0 Å². The standard InChI is InChI=1S/C82H153NO8/c1-6-8-10-12-14-16-18-20-22-24-26-28-30-32-34-36-38-40-42-44-46-48-50-52-54-56-58-60-62-64-66-68-70-72-79(84)89-76-78(77-90-82(81(86)87)88-75-74-83(3,4)5)91-80(85)73-71-69-67-65-63-61-59-57-55-53-51-49-47-45-43-41-39-37-35-33-31-29-27-25-23-21-19-17-15-13-11-9-7-2/h19,21,24-27,31,33,78,82H,6-18,20,22-23,28-30,32,34-77H2,1-5H3/b21-19-,26-24-,27-25-,33-31-. The molecule has 0 aliphatic rings. The van der Waals surface area contributed by atoms with E-state index in [-0.39, 0.29) is 32.2 Å². The van der Waals surface area contributed by atoms with Gasteiger partial charge in [-0.1, -0.05) is 358 Å². The summed E-state index contributed by atoms with van der Waals surface area (Å²) in [5, 5.41) is 11.9. The van der Waals surface area contributed by atoms with Crippen molar-refractivity contribution in [2.45, 2.75) is 411 Å². The minimum absolute atomic E-state index is 0.150. The van der Waals surface area contributed by atoms with Crippen LogP contribution in [0.15, 0.2) is 48.6 Å². The summed E-state index contributed by atoms with van der Waals surface area (Å²) in [6.07, 6.45) is 92.3. The van der Waals surface area contributed by atoms with Crippen molar-refractivity contribution < 1.29 is 42.9 Å². The lowest BCUT2D eigenvalue weighted by Crippen LogP contribution is -2.44. The number of nitrogens with zero attached hydrogens (tertiary/aromatic N) is 1. The fourth-order valence-corrected chi connectivity index (χ4v) is 12.0. The van der Waals surface area contributed by atoms with E-state index in [1.54, 1.807) is 0 Å². The molecule has 0 heterocycles. The molecule has 2 atom stereocenters. The highest BCUT2D eigenvalue weighted by molar-refractivity contribution is 5.70. The van der Waals surface area contributed by atoms with Crippen molar-refractivity contribution >= 4 is 17.9 Å². The van der Waals surface area contributed by atoms with Crippen molar-refractivity contribution in [3.63, 3.8) is 0 Å². The molecule has 0 aliphatic heterocycles. The molecule has 0 saturated carbocycles. The zero-order valence-electron chi connectivity index (χ0n) is 61.2. The molecule has 534 valence electrons. The maximum absolute atomic E-state index is 13.0. The molecule has 9 heteroatoms. The molecular formula is C82H153NO8. The van der Waals surface area contributed by atoms with Crippen LogP contribution < -0.4 is 5.11 Å². The van der Waals surface area contributed by atoms with Gasteiger partial charge in [-0.25, -0.2) is 0 Å². The van der Waals surface area contributed by atoms with E-state index >= 15 is 0 Å². The number of carbonyl (C=O) groups excluding carboxylic acids is 3. The van der Waals surface area contributed by atoms with E-state index < -0.39 is 24.3 Å². The van der Waals surface area contributed by atoms with Gasteiger partial charge in [0, 0.05) is 12.8 Å². The van der Waals surface area contributed by atoms with Crippen molar-refractivity contribution in [3.05, 3.63) is 48.6 Å². The Hall–Kier alpha value is -2.75. The molecule has 0 aromatic heterocycles. The molecule has 9 nitrogen and oxygen atoms in total. The second-order valence-corrected chi connectivity index (χ2v) is 28.4. The van der Waals surface area contributed by atoms with Crippen LogP contribution in [0, 0.1) is 0 Å². The molecular weight excluding hydrogens is 1130 g/mol. The molecule has 0 fully saturated rings. The topological polar surface area (TPSA) is 111 Å². The first kappa shape index (κ1) is 88.2. The van der Waals surface area contributed by atoms with Crippen LogP contribution in [0.2, 0.25) is 0 Å². The first-order chi connectivity index (χ1) is 44.6. The van der Waals surface area contributed by atoms with Crippen LogP contribution in [0.5, 0.6) is 0 Å². The Bertz CT molecular complexity index is 1630. The fourth-order valence-electron chi connectivity index (χ4n) is 12.0. The van der Waals surface area contributed by atoms with Crippen molar-refractivity contribution in [2.75, 3.05) is 47.5 Å². The van der Waals surface area contributed by atoms with E-state index in [2.05, 4.69) is 62.5 Å². The second-order valence-electron chi connectivity index (χ2n) is 28.4. The van der Waals surface area contributed by atoms with Gasteiger partial charge >= 0.3 is 11.9 Å². The summed E-state index contributed by atoms with van der Waals surface area (Å²) in [7, 11) is 5.95. The summed E-state index contributed by atoms with van der Waals surface area (Å²) in [6, 6.07) is 0. The lowest BCUT2D eigenvalue weighted by molar-refractivity contribution is -0.870. The van der Waals surface area contributed by atoms with Gasteiger partial charge in [0.05, 0.1) is 40.3 Å². The maximum atomic E-state index is 13.0. The predicted molar refractivity (Wildman–Crippen MR) is 389 cm³/mol. The van der Waals surface area contributed by atoms with Gasteiger partial charge in [-0.2, -0.15) is 0 Å². The van der Waals surface area contributed by atoms with Gasteiger partial charge < -0.3 is 33.3 Å². The average molecular weight is 1280 g/mol. The van der Waals surface area contributed by atoms with Gasteiger partial charge in [-0.05, 0) is 77.0 Å². The predicted octanol–water partition coefficient (Wildman–Crippen LogP) is 23.9. The number of likely N-dealkylation sites (N-methyl/N-ethyl adjacent to an activating group) is 1. The van der Waals surface area contributed by atoms with E-state index in [4.69, 9.17) is 18.9 Å². The Morgan fingerprint density at radius 2 is 0.593 bits per heavy atom. The number of unbranched alkanes of at least 4 members (excludes halogenated alkanes) is 52. The van der Waals surface area contributed by atoms with Crippen LogP contribution in [0.25, 0.3) is 0 Å². The number of allylic oxidation sites excluding steroid dienone is 8. The summed E-state index contributed by atoms with van der Waals surface area (Å²) in [5.41, 5.74) is 0. The quantitative estimate of drug-likeness (QED) is 0.0195. The van der Waals surface area contributed by atoms with Crippen molar-refractivity contribution in [2.24, 2.45) is 0 Å². The molecule has 91 heavy (non-hydrogen) atoms. The summed E-state index contributed by atoms with van der Waals surface area (Å²) >= 11 is 0. The van der Waals surface area contributed by atoms with E-state index in [9.17, 15) is 19.5 Å². The third-order valence-corrected chi connectivity index (χ3v) is 18.0. The van der Waals surface area contributed by atoms with Crippen molar-refractivity contribution in [1.82, 2.24) is 0 Å². The highest BCUT2D eigenvalue weighted by Crippen LogP contribution is 2.19. The maximum Gasteiger partial charge on any atom is 0.306 e. The Kier molecular flexibility index (Phi) is 70.9. The third kappa shape index (κ3) is 74.5. The third-order valence-electron chi connectivity index (χ3n) is 18.0. The monoisotopic (exact) mass is 1280 g/mol. The Morgan fingerprint density at radius 1 is 0.330 bits per heavy atom. The molecule has 0 amide bonds. The van der Waals surface area contributed by atoms with Crippen LogP contribution in [-0.2, 0) is 33.3 Å². The zero-order chi connectivity index (χ0) is 66.1. The Balaban J connectivity index is 3.99. The van der Waals surface area contributed by atoms with Crippen LogP contribution in [0.4, 0.5) is 0 Å². The number of carbonyl (C=O) groups is 3. The summed E-state index contributed by atoms with van der Waals surface area (Å²) in [6.45, 7) is 4.81.